The van der Waals surface area contributed by atoms with Crippen LogP contribution in [0.25, 0.3) is 11.4 Å². The van der Waals surface area contributed by atoms with Gasteiger partial charge >= 0.3 is 0 Å². The van der Waals surface area contributed by atoms with Gasteiger partial charge in [0.25, 0.3) is 0 Å². The lowest BCUT2D eigenvalue weighted by Gasteiger charge is -2.36. The lowest BCUT2D eigenvalue weighted by atomic mass is 9.68. The number of carbonyl (C=O) groups is 1. The molecule has 0 saturated heterocycles. The van der Waals surface area contributed by atoms with Crippen molar-refractivity contribution >= 4 is 5.91 Å². The van der Waals surface area contributed by atoms with Gasteiger partial charge in [-0.1, -0.05) is 31.4 Å². The average Bonchev–Trinajstić information content (AvgIpc) is 3.29. The van der Waals surface area contributed by atoms with Gasteiger partial charge in [0.1, 0.15) is 11.6 Å². The molecule has 2 heterocycles. The van der Waals surface area contributed by atoms with E-state index in [9.17, 15) is 4.79 Å². The first-order valence-corrected chi connectivity index (χ1v) is 10.5. The molecular weight excluding hydrogens is 378 g/mol. The molecule has 0 spiro atoms. The lowest BCUT2D eigenvalue weighted by molar-refractivity contribution is -0.128. The molecule has 3 aromatic rings. The van der Waals surface area contributed by atoms with Crippen molar-refractivity contribution in [3.63, 3.8) is 0 Å². The zero-order valence-electron chi connectivity index (χ0n) is 17.2. The minimum Gasteiger partial charge on any atom is -0.497 e. The summed E-state index contributed by atoms with van der Waals surface area (Å²) in [6.45, 7) is 0.516. The van der Waals surface area contributed by atoms with Gasteiger partial charge in [0, 0.05) is 30.9 Å². The summed E-state index contributed by atoms with van der Waals surface area (Å²) in [6.07, 6.45) is 9.10. The molecule has 1 fully saturated rings. The largest absolute Gasteiger partial charge is 0.497 e. The molecule has 2 aromatic heterocycles. The van der Waals surface area contributed by atoms with Crippen molar-refractivity contribution in [2.75, 3.05) is 13.7 Å². The first kappa shape index (κ1) is 20.1. The number of nitrogens with zero attached hydrogens (tertiary/aromatic N) is 3. The van der Waals surface area contributed by atoms with Crippen molar-refractivity contribution in [1.82, 2.24) is 25.5 Å². The number of carbonyl (C=O) groups excluding carboxylic acids is 1. The zero-order chi connectivity index (χ0) is 20.8. The highest BCUT2D eigenvalue weighted by molar-refractivity contribution is 5.88. The molecule has 7 heteroatoms. The van der Waals surface area contributed by atoms with Gasteiger partial charge < -0.3 is 10.1 Å². The fraction of sp³-hybridized carbons (Fsp3) is 0.391. The number of ether oxygens (including phenoxy) is 1. The predicted octanol–water partition coefficient (Wildman–Crippen LogP) is 3.44. The summed E-state index contributed by atoms with van der Waals surface area (Å²) >= 11 is 0. The second-order valence-electron chi connectivity index (χ2n) is 7.72. The van der Waals surface area contributed by atoms with Crippen molar-refractivity contribution in [1.29, 1.82) is 0 Å². The Kier molecular flexibility index (Phi) is 6.07. The van der Waals surface area contributed by atoms with Gasteiger partial charge in [-0.25, -0.2) is 4.98 Å². The van der Waals surface area contributed by atoms with E-state index in [0.29, 0.717) is 18.8 Å². The van der Waals surface area contributed by atoms with Crippen molar-refractivity contribution in [3.05, 3.63) is 60.2 Å². The molecule has 2 N–H and O–H groups in total. The topological polar surface area (TPSA) is 92.8 Å². The molecule has 0 bridgehead atoms. The molecule has 0 aliphatic heterocycles. The van der Waals surface area contributed by atoms with Gasteiger partial charge in [0.2, 0.25) is 5.91 Å². The molecule has 156 valence electrons. The van der Waals surface area contributed by atoms with E-state index in [4.69, 9.17) is 4.74 Å². The highest BCUT2D eigenvalue weighted by Gasteiger charge is 2.40. The number of nitrogens with one attached hydrogen (secondary N) is 2. The van der Waals surface area contributed by atoms with Crippen molar-refractivity contribution in [2.45, 2.75) is 43.9 Å². The van der Waals surface area contributed by atoms with E-state index in [-0.39, 0.29) is 5.91 Å². The third-order valence-corrected chi connectivity index (χ3v) is 5.90. The van der Waals surface area contributed by atoms with E-state index in [0.717, 1.165) is 48.4 Å². The molecule has 1 amide bonds. The molecule has 1 aliphatic carbocycles. The number of amides is 1. The minimum atomic E-state index is -0.464. The van der Waals surface area contributed by atoms with Crippen molar-refractivity contribution in [2.24, 2.45) is 0 Å². The van der Waals surface area contributed by atoms with Crippen LogP contribution >= 0.6 is 0 Å². The number of pyridine rings is 1. The van der Waals surface area contributed by atoms with Gasteiger partial charge in [-0.05, 0) is 42.7 Å². The van der Waals surface area contributed by atoms with Crippen LogP contribution in [0.4, 0.5) is 0 Å². The average molecular weight is 406 g/mol. The van der Waals surface area contributed by atoms with E-state index in [1.165, 1.54) is 6.42 Å². The second-order valence-corrected chi connectivity index (χ2v) is 7.72. The van der Waals surface area contributed by atoms with Crippen LogP contribution in [0.5, 0.6) is 5.75 Å². The molecule has 30 heavy (non-hydrogen) atoms. The number of aromatic nitrogens is 4. The summed E-state index contributed by atoms with van der Waals surface area (Å²) in [7, 11) is 1.65. The highest BCUT2D eigenvalue weighted by Crippen LogP contribution is 2.40. The Bertz CT molecular complexity index is 963. The van der Waals surface area contributed by atoms with E-state index in [1.54, 1.807) is 19.5 Å². The number of aromatic amines is 1. The number of hydrogen-bond acceptors (Lipinski definition) is 5. The van der Waals surface area contributed by atoms with E-state index in [1.807, 2.05) is 36.4 Å². The summed E-state index contributed by atoms with van der Waals surface area (Å²) in [4.78, 5) is 21.8. The van der Waals surface area contributed by atoms with Gasteiger partial charge in [-0.2, -0.15) is 5.10 Å². The monoisotopic (exact) mass is 405 g/mol. The molecule has 1 saturated carbocycles. The Morgan fingerprint density at radius 2 is 1.83 bits per heavy atom. The van der Waals surface area contributed by atoms with Crippen LogP contribution in [0.2, 0.25) is 0 Å². The molecule has 7 nitrogen and oxygen atoms in total. The van der Waals surface area contributed by atoms with Gasteiger partial charge in [-0.15, -0.1) is 0 Å². The standard InChI is InChI=1S/C23H27N5O2/c1-30-19-7-5-18(6-8-19)23(12-3-2-4-13-23)22(29)25-16-11-20-26-21(28-27-20)17-9-14-24-15-10-17/h5-10,14-15H,2-4,11-13,16H2,1H3,(H,25,29)(H,26,27,28). The third kappa shape index (κ3) is 4.20. The Balaban J connectivity index is 1.41. The van der Waals surface area contributed by atoms with Crippen LogP contribution in [0.3, 0.4) is 0 Å². The quantitative estimate of drug-likeness (QED) is 0.628. The maximum absolute atomic E-state index is 13.3. The summed E-state index contributed by atoms with van der Waals surface area (Å²) in [5.74, 6) is 2.30. The summed E-state index contributed by atoms with van der Waals surface area (Å²) in [5, 5.41) is 10.4. The Labute approximate surface area is 176 Å². The van der Waals surface area contributed by atoms with Gasteiger partial charge in [-0.3, -0.25) is 14.9 Å². The zero-order valence-corrected chi connectivity index (χ0v) is 17.2. The normalized spacial score (nSPS) is 15.5. The van der Waals surface area contributed by atoms with Gasteiger partial charge in [0.15, 0.2) is 5.82 Å². The third-order valence-electron chi connectivity index (χ3n) is 5.90. The number of benzene rings is 1. The number of H-pyrrole nitrogens is 1. The van der Waals surface area contributed by atoms with Crippen LogP contribution < -0.4 is 10.1 Å². The minimum absolute atomic E-state index is 0.0984. The van der Waals surface area contributed by atoms with Crippen LogP contribution in [0.15, 0.2) is 48.8 Å². The molecule has 0 atom stereocenters. The molecule has 1 aliphatic rings. The van der Waals surface area contributed by atoms with Crippen LogP contribution in [-0.2, 0) is 16.6 Å². The van der Waals surface area contributed by atoms with E-state index in [2.05, 4.69) is 25.5 Å². The maximum Gasteiger partial charge on any atom is 0.230 e. The Hall–Kier alpha value is -3.22. The fourth-order valence-corrected chi connectivity index (χ4v) is 4.21. The fourth-order valence-electron chi connectivity index (χ4n) is 4.21. The van der Waals surface area contributed by atoms with Crippen molar-refractivity contribution in [3.8, 4) is 17.1 Å². The molecule has 0 radical (unpaired) electrons. The maximum atomic E-state index is 13.3. The number of rotatable bonds is 7. The van der Waals surface area contributed by atoms with Gasteiger partial charge in [0.05, 0.1) is 12.5 Å². The van der Waals surface area contributed by atoms with Crippen LogP contribution in [0.1, 0.15) is 43.5 Å². The van der Waals surface area contributed by atoms with Crippen LogP contribution in [-0.4, -0.2) is 39.7 Å². The predicted molar refractivity (Wildman–Crippen MR) is 114 cm³/mol. The smallest absolute Gasteiger partial charge is 0.230 e. The van der Waals surface area contributed by atoms with E-state index < -0.39 is 5.41 Å². The summed E-state index contributed by atoms with van der Waals surface area (Å²) in [6, 6.07) is 11.7. The van der Waals surface area contributed by atoms with Crippen molar-refractivity contribution < 1.29 is 9.53 Å². The highest BCUT2D eigenvalue weighted by atomic mass is 16.5. The van der Waals surface area contributed by atoms with E-state index >= 15 is 0 Å². The second kappa shape index (κ2) is 9.07. The lowest BCUT2D eigenvalue weighted by Crippen LogP contribution is -2.46. The SMILES string of the molecule is COc1ccc(C2(C(=O)NCCc3nc(-c4ccncc4)n[nH]3)CCCCC2)cc1. The molecule has 0 unspecified atom stereocenters. The Morgan fingerprint density at radius 1 is 1.10 bits per heavy atom. The molecule has 1 aromatic carbocycles. The Morgan fingerprint density at radius 3 is 2.53 bits per heavy atom. The first-order valence-electron chi connectivity index (χ1n) is 10.5. The molecule has 4 rings (SSSR count). The summed E-state index contributed by atoms with van der Waals surface area (Å²) < 4.78 is 5.28. The first-order chi connectivity index (χ1) is 14.7. The molecular formula is C23H27N5O2. The number of hydrogen-bond donors (Lipinski definition) is 2. The van der Waals surface area contributed by atoms with Crippen LogP contribution in [0, 0.1) is 0 Å². The number of methoxy groups -OCH3 is 1. The summed E-state index contributed by atoms with van der Waals surface area (Å²) in [5.41, 5.74) is 1.52.